The van der Waals surface area contributed by atoms with Gasteiger partial charge in [0.1, 0.15) is 0 Å². The van der Waals surface area contributed by atoms with E-state index in [2.05, 4.69) is 15.0 Å². The molecule has 5 nitrogen and oxygen atoms in total. The van der Waals surface area contributed by atoms with Crippen molar-refractivity contribution < 1.29 is 4.79 Å². The van der Waals surface area contributed by atoms with E-state index in [0.717, 1.165) is 11.1 Å². The predicted molar refractivity (Wildman–Crippen MR) is 97.2 cm³/mol. The number of fused-ring (bicyclic) bond motifs is 1. The summed E-state index contributed by atoms with van der Waals surface area (Å²) in [4.78, 5) is 25.8. The minimum absolute atomic E-state index is 0.0236. The number of carbonyl (C=O) groups excluding carboxylic acids is 1. The first-order chi connectivity index (χ1) is 11.5. The third kappa shape index (κ3) is 3.71. The molecule has 0 spiro atoms. The molecule has 124 valence electrons. The van der Waals surface area contributed by atoms with E-state index in [1.54, 1.807) is 17.2 Å². The Kier molecular flexibility index (Phi) is 5.06. The summed E-state index contributed by atoms with van der Waals surface area (Å²) in [6, 6.07) is 11.8. The van der Waals surface area contributed by atoms with E-state index in [1.165, 1.54) is 11.8 Å². The second-order valence-electron chi connectivity index (χ2n) is 5.45. The van der Waals surface area contributed by atoms with E-state index < -0.39 is 0 Å². The summed E-state index contributed by atoms with van der Waals surface area (Å²) in [5, 5.41) is 1.21. The first-order valence-corrected chi connectivity index (χ1v) is 8.85. The highest BCUT2D eigenvalue weighted by Crippen LogP contribution is 2.23. The van der Waals surface area contributed by atoms with E-state index in [-0.39, 0.29) is 11.9 Å². The Morgan fingerprint density at radius 2 is 2.12 bits per heavy atom. The molecule has 0 radical (unpaired) electrons. The molecule has 2 heterocycles. The lowest BCUT2D eigenvalue weighted by molar-refractivity contribution is -0.128. The Bertz CT molecular complexity index is 852. The summed E-state index contributed by atoms with van der Waals surface area (Å²) in [6.07, 6.45) is 1.56. The van der Waals surface area contributed by atoms with E-state index >= 15 is 0 Å². The number of H-pyrrole nitrogens is 1. The van der Waals surface area contributed by atoms with Crippen molar-refractivity contribution in [3.8, 4) is 0 Å². The lowest BCUT2D eigenvalue weighted by atomic mass is 10.1. The van der Waals surface area contributed by atoms with Crippen LogP contribution in [0.3, 0.4) is 0 Å². The first kappa shape index (κ1) is 16.8. The number of benzene rings is 1. The van der Waals surface area contributed by atoms with Gasteiger partial charge in [-0.05, 0) is 18.6 Å². The predicted octanol–water partition coefficient (Wildman–Crippen LogP) is 3.92. The Morgan fingerprint density at radius 3 is 2.88 bits per heavy atom. The smallest absolute Gasteiger partial charge is 0.233 e. The van der Waals surface area contributed by atoms with Crippen LogP contribution in [-0.4, -0.2) is 38.6 Å². The number of aromatic amines is 1. The Balaban J connectivity index is 1.63. The summed E-state index contributed by atoms with van der Waals surface area (Å²) < 4.78 is 0. The fourth-order valence-electron chi connectivity index (χ4n) is 2.32. The summed E-state index contributed by atoms with van der Waals surface area (Å²) in [7, 11) is 1.82. The molecule has 0 unspecified atom stereocenters. The molecule has 0 saturated heterocycles. The minimum atomic E-state index is 0.0236. The standard InChI is InChI=1S/C17H17ClN4OS/c1-11(12-6-4-3-5-7-12)22(2)15(23)10-24-17-20-14-8-13(18)9-19-16(14)21-17/h3-9,11H,10H2,1-2H3,(H,19,20,21)/t11-/m0/s1. The lowest BCUT2D eigenvalue weighted by Gasteiger charge is -2.25. The largest absolute Gasteiger partial charge is 0.338 e. The van der Waals surface area contributed by atoms with Crippen molar-refractivity contribution in [3.63, 3.8) is 0 Å². The molecule has 1 aromatic carbocycles. The molecule has 0 bridgehead atoms. The molecule has 1 N–H and O–H groups in total. The van der Waals surface area contributed by atoms with Crippen molar-refractivity contribution in [1.82, 2.24) is 19.9 Å². The molecule has 0 fully saturated rings. The van der Waals surface area contributed by atoms with Crippen LogP contribution in [0.1, 0.15) is 18.5 Å². The van der Waals surface area contributed by atoms with E-state index in [9.17, 15) is 4.79 Å². The summed E-state index contributed by atoms with van der Waals surface area (Å²) >= 11 is 7.27. The summed E-state index contributed by atoms with van der Waals surface area (Å²) in [5.74, 6) is 0.351. The van der Waals surface area contributed by atoms with Crippen LogP contribution in [0, 0.1) is 0 Å². The van der Waals surface area contributed by atoms with Crippen LogP contribution in [0.25, 0.3) is 11.2 Å². The number of pyridine rings is 1. The fourth-order valence-corrected chi connectivity index (χ4v) is 3.28. The van der Waals surface area contributed by atoms with Crippen molar-refractivity contribution in [2.45, 2.75) is 18.1 Å². The molecule has 0 saturated carbocycles. The van der Waals surface area contributed by atoms with Gasteiger partial charge in [-0.3, -0.25) is 4.79 Å². The molecule has 1 amide bonds. The summed E-state index contributed by atoms with van der Waals surface area (Å²) in [6.45, 7) is 2.02. The van der Waals surface area contributed by atoms with Crippen LogP contribution in [0.4, 0.5) is 0 Å². The zero-order chi connectivity index (χ0) is 17.1. The number of halogens is 1. The molecule has 2 aromatic heterocycles. The highest BCUT2D eigenvalue weighted by Gasteiger charge is 2.18. The van der Waals surface area contributed by atoms with Crippen LogP contribution in [0.2, 0.25) is 5.02 Å². The number of hydrogen-bond acceptors (Lipinski definition) is 4. The number of nitrogens with one attached hydrogen (secondary N) is 1. The van der Waals surface area contributed by atoms with Gasteiger partial charge in [0.15, 0.2) is 10.8 Å². The van der Waals surface area contributed by atoms with Gasteiger partial charge in [0.2, 0.25) is 5.91 Å². The van der Waals surface area contributed by atoms with Gasteiger partial charge in [-0.2, -0.15) is 0 Å². The molecule has 0 aliphatic carbocycles. The second-order valence-corrected chi connectivity index (χ2v) is 6.85. The zero-order valence-electron chi connectivity index (χ0n) is 13.4. The van der Waals surface area contributed by atoms with Gasteiger partial charge in [-0.25, -0.2) is 9.97 Å². The number of nitrogens with zero attached hydrogens (tertiary/aromatic N) is 3. The molecule has 0 aliphatic heterocycles. The molecule has 1 atom stereocenters. The monoisotopic (exact) mass is 360 g/mol. The normalized spacial score (nSPS) is 12.3. The number of aromatic nitrogens is 3. The maximum absolute atomic E-state index is 12.4. The zero-order valence-corrected chi connectivity index (χ0v) is 14.9. The van der Waals surface area contributed by atoms with E-state index in [4.69, 9.17) is 11.6 Å². The van der Waals surface area contributed by atoms with Gasteiger partial charge in [0, 0.05) is 13.2 Å². The lowest BCUT2D eigenvalue weighted by Crippen LogP contribution is -2.31. The topological polar surface area (TPSA) is 61.9 Å². The van der Waals surface area contributed by atoms with E-state index in [0.29, 0.717) is 21.6 Å². The first-order valence-electron chi connectivity index (χ1n) is 7.49. The highest BCUT2D eigenvalue weighted by atomic mass is 35.5. The number of thioether (sulfide) groups is 1. The number of rotatable bonds is 5. The third-order valence-electron chi connectivity index (χ3n) is 3.87. The number of carbonyl (C=O) groups is 1. The number of imidazole rings is 1. The van der Waals surface area contributed by atoms with Crippen LogP contribution in [0.15, 0.2) is 47.8 Å². The van der Waals surface area contributed by atoms with Gasteiger partial charge >= 0.3 is 0 Å². The van der Waals surface area contributed by atoms with Crippen LogP contribution in [0.5, 0.6) is 0 Å². The van der Waals surface area contributed by atoms with Crippen molar-refractivity contribution in [3.05, 3.63) is 53.2 Å². The van der Waals surface area contributed by atoms with Gasteiger partial charge in [-0.15, -0.1) is 0 Å². The van der Waals surface area contributed by atoms with Crippen molar-refractivity contribution >= 4 is 40.4 Å². The Morgan fingerprint density at radius 1 is 1.38 bits per heavy atom. The van der Waals surface area contributed by atoms with Crippen molar-refractivity contribution in [1.29, 1.82) is 0 Å². The summed E-state index contributed by atoms with van der Waals surface area (Å²) in [5.41, 5.74) is 2.48. The highest BCUT2D eigenvalue weighted by molar-refractivity contribution is 7.99. The van der Waals surface area contributed by atoms with Crippen LogP contribution < -0.4 is 0 Å². The van der Waals surface area contributed by atoms with Gasteiger partial charge in [0.25, 0.3) is 0 Å². The molecular weight excluding hydrogens is 344 g/mol. The Hall–Kier alpha value is -2.05. The van der Waals surface area contributed by atoms with E-state index in [1.807, 2.05) is 44.3 Å². The second kappa shape index (κ2) is 7.23. The van der Waals surface area contributed by atoms with Gasteiger partial charge in [-0.1, -0.05) is 53.7 Å². The van der Waals surface area contributed by atoms with Crippen molar-refractivity contribution in [2.75, 3.05) is 12.8 Å². The van der Waals surface area contributed by atoms with Gasteiger partial charge < -0.3 is 9.88 Å². The SMILES string of the molecule is C[C@@H](c1ccccc1)N(C)C(=O)CSc1nc2ncc(Cl)cc2[nH]1. The average Bonchev–Trinajstić information content (AvgIpc) is 3.01. The molecule has 0 aliphatic rings. The molecule has 7 heteroatoms. The van der Waals surface area contributed by atoms with Gasteiger partial charge in [0.05, 0.1) is 22.3 Å². The number of hydrogen-bond donors (Lipinski definition) is 1. The number of amides is 1. The van der Waals surface area contributed by atoms with Crippen molar-refractivity contribution in [2.24, 2.45) is 0 Å². The van der Waals surface area contributed by atoms with Crippen LogP contribution >= 0.6 is 23.4 Å². The average molecular weight is 361 g/mol. The fraction of sp³-hybridized carbons (Fsp3) is 0.235. The third-order valence-corrected chi connectivity index (χ3v) is 4.94. The molecular formula is C17H17ClN4OS. The molecule has 24 heavy (non-hydrogen) atoms. The maximum atomic E-state index is 12.4. The molecule has 3 aromatic rings. The van der Waals surface area contributed by atoms with Crippen LogP contribution in [-0.2, 0) is 4.79 Å². The quantitative estimate of drug-likeness (QED) is 0.700. The Labute approximate surface area is 149 Å². The maximum Gasteiger partial charge on any atom is 0.233 e. The molecule has 3 rings (SSSR count). The minimum Gasteiger partial charge on any atom is -0.338 e.